The van der Waals surface area contributed by atoms with E-state index in [1.807, 2.05) is 0 Å². The smallest absolute Gasteiger partial charge is 0.258 e. The second-order valence-corrected chi connectivity index (χ2v) is 9.53. The first kappa shape index (κ1) is 21.3. The highest BCUT2D eigenvalue weighted by molar-refractivity contribution is 7.89. The zero-order chi connectivity index (χ0) is 21.2. The maximum absolute atomic E-state index is 14.1. The molecule has 1 N–H and O–H groups in total. The van der Waals surface area contributed by atoms with Gasteiger partial charge < -0.3 is 10.1 Å². The lowest BCUT2D eigenvalue weighted by Crippen LogP contribution is -2.42. The summed E-state index contributed by atoms with van der Waals surface area (Å²) in [6.07, 6.45) is 1.01. The van der Waals surface area contributed by atoms with E-state index in [0.717, 1.165) is 12.5 Å². The van der Waals surface area contributed by atoms with Crippen molar-refractivity contribution in [1.29, 1.82) is 0 Å². The molecule has 0 aromatic heterocycles. The summed E-state index contributed by atoms with van der Waals surface area (Å²) in [4.78, 5) is 12.5. The molecule has 1 aliphatic heterocycles. The largest absolute Gasteiger partial charge is 0.497 e. The highest BCUT2D eigenvalue weighted by Crippen LogP contribution is 2.27. The molecule has 2 aromatic carbocycles. The lowest BCUT2D eigenvalue weighted by atomic mass is 9.94. The van der Waals surface area contributed by atoms with Crippen LogP contribution in [0, 0.1) is 17.7 Å². The molecule has 29 heavy (non-hydrogen) atoms. The van der Waals surface area contributed by atoms with E-state index in [4.69, 9.17) is 4.74 Å². The zero-order valence-electron chi connectivity index (χ0n) is 16.7. The molecule has 0 radical (unpaired) electrons. The van der Waals surface area contributed by atoms with Crippen LogP contribution >= 0.6 is 0 Å². The Bertz CT molecular complexity index is 982. The van der Waals surface area contributed by atoms with Crippen LogP contribution in [-0.4, -0.2) is 38.8 Å². The number of anilines is 1. The summed E-state index contributed by atoms with van der Waals surface area (Å²) in [7, 11) is -2.18. The molecule has 1 aliphatic rings. The molecule has 2 aromatic rings. The SMILES string of the molecule is COc1ccc(C(=O)Nc2ccc(S(=O)(=O)N3CC(C)CC(C)C3)cc2)c(F)c1. The molecule has 2 atom stereocenters. The van der Waals surface area contributed by atoms with Crippen molar-refractivity contribution in [3.05, 3.63) is 53.8 Å². The Hall–Kier alpha value is -2.45. The van der Waals surface area contributed by atoms with Crippen molar-refractivity contribution in [2.24, 2.45) is 11.8 Å². The molecule has 8 heteroatoms. The van der Waals surface area contributed by atoms with Crippen LogP contribution < -0.4 is 10.1 Å². The molecular weight excluding hydrogens is 395 g/mol. The Kier molecular flexibility index (Phi) is 6.24. The van der Waals surface area contributed by atoms with Crippen LogP contribution in [-0.2, 0) is 10.0 Å². The topological polar surface area (TPSA) is 75.7 Å². The van der Waals surface area contributed by atoms with Crippen LogP contribution in [0.3, 0.4) is 0 Å². The molecule has 156 valence electrons. The average molecular weight is 421 g/mol. The van der Waals surface area contributed by atoms with Crippen molar-refractivity contribution in [3.8, 4) is 5.75 Å². The Labute approximate surface area is 170 Å². The minimum absolute atomic E-state index is 0.126. The summed E-state index contributed by atoms with van der Waals surface area (Å²) in [5.74, 6) is -0.387. The highest BCUT2D eigenvalue weighted by Gasteiger charge is 2.31. The summed E-state index contributed by atoms with van der Waals surface area (Å²) < 4.78 is 46.3. The van der Waals surface area contributed by atoms with Gasteiger partial charge in [0.15, 0.2) is 0 Å². The van der Waals surface area contributed by atoms with Gasteiger partial charge in [-0.1, -0.05) is 13.8 Å². The van der Waals surface area contributed by atoms with Gasteiger partial charge in [0.1, 0.15) is 11.6 Å². The van der Waals surface area contributed by atoms with Gasteiger partial charge in [0.2, 0.25) is 10.0 Å². The number of halogens is 1. The van der Waals surface area contributed by atoms with Crippen molar-refractivity contribution in [1.82, 2.24) is 4.31 Å². The molecule has 0 aliphatic carbocycles. The Morgan fingerprint density at radius 3 is 2.28 bits per heavy atom. The quantitative estimate of drug-likeness (QED) is 0.799. The number of benzene rings is 2. The van der Waals surface area contributed by atoms with Crippen LogP contribution in [0.15, 0.2) is 47.4 Å². The monoisotopic (exact) mass is 420 g/mol. The third-order valence-corrected chi connectivity index (χ3v) is 6.85. The van der Waals surface area contributed by atoms with E-state index in [9.17, 15) is 17.6 Å². The molecule has 2 unspecified atom stereocenters. The van der Waals surface area contributed by atoms with Crippen molar-refractivity contribution in [3.63, 3.8) is 0 Å². The number of piperidine rings is 1. The van der Waals surface area contributed by atoms with Crippen LogP contribution in [0.5, 0.6) is 5.75 Å². The number of sulfonamides is 1. The average Bonchev–Trinajstić information content (AvgIpc) is 2.67. The van der Waals surface area contributed by atoms with Gasteiger partial charge in [0, 0.05) is 24.8 Å². The molecule has 0 saturated carbocycles. The first-order chi connectivity index (χ1) is 13.7. The fourth-order valence-corrected chi connectivity index (χ4v) is 5.35. The normalized spacial score (nSPS) is 20.3. The van der Waals surface area contributed by atoms with E-state index in [2.05, 4.69) is 19.2 Å². The number of methoxy groups -OCH3 is 1. The Balaban J connectivity index is 1.74. The molecule has 1 saturated heterocycles. The van der Waals surface area contributed by atoms with Gasteiger partial charge in [-0.2, -0.15) is 4.31 Å². The first-order valence-electron chi connectivity index (χ1n) is 9.46. The highest BCUT2D eigenvalue weighted by atomic mass is 32.2. The lowest BCUT2D eigenvalue weighted by Gasteiger charge is -2.34. The van der Waals surface area contributed by atoms with Crippen LogP contribution in [0.2, 0.25) is 0 Å². The van der Waals surface area contributed by atoms with E-state index < -0.39 is 21.7 Å². The lowest BCUT2D eigenvalue weighted by molar-refractivity contribution is 0.102. The second kappa shape index (κ2) is 8.51. The summed E-state index contributed by atoms with van der Waals surface area (Å²) in [5.41, 5.74) is 0.253. The van der Waals surface area contributed by atoms with Gasteiger partial charge in [-0.15, -0.1) is 0 Å². The summed E-state index contributed by atoms with van der Waals surface area (Å²) in [5, 5.41) is 2.58. The molecular formula is C21H25FN2O4S. The van der Waals surface area contributed by atoms with E-state index in [1.165, 1.54) is 47.8 Å². The number of nitrogens with zero attached hydrogens (tertiary/aromatic N) is 1. The molecule has 1 fully saturated rings. The van der Waals surface area contributed by atoms with Crippen LogP contribution in [0.25, 0.3) is 0 Å². The van der Waals surface area contributed by atoms with Gasteiger partial charge >= 0.3 is 0 Å². The molecule has 1 heterocycles. The van der Waals surface area contributed by atoms with Gasteiger partial charge in [-0.3, -0.25) is 4.79 Å². The maximum Gasteiger partial charge on any atom is 0.258 e. The summed E-state index contributed by atoms with van der Waals surface area (Å²) >= 11 is 0. The fraction of sp³-hybridized carbons (Fsp3) is 0.381. The number of hydrogen-bond donors (Lipinski definition) is 1. The minimum atomic E-state index is -3.59. The van der Waals surface area contributed by atoms with Crippen molar-refractivity contribution < 1.29 is 22.3 Å². The zero-order valence-corrected chi connectivity index (χ0v) is 17.5. The van der Waals surface area contributed by atoms with Gasteiger partial charge in [0.25, 0.3) is 5.91 Å². The van der Waals surface area contributed by atoms with Crippen molar-refractivity contribution >= 4 is 21.6 Å². The standard InChI is InChI=1S/C21H25FN2O4S/c1-14-10-15(2)13-24(12-14)29(26,27)18-7-4-16(5-8-18)23-21(25)19-9-6-17(28-3)11-20(19)22/h4-9,11,14-15H,10,12-13H2,1-3H3,(H,23,25). The number of nitrogens with one attached hydrogen (secondary N) is 1. The Morgan fingerprint density at radius 1 is 1.10 bits per heavy atom. The molecule has 0 bridgehead atoms. The van der Waals surface area contributed by atoms with Crippen LogP contribution in [0.1, 0.15) is 30.6 Å². The molecule has 3 rings (SSSR count). The number of hydrogen-bond acceptors (Lipinski definition) is 4. The molecule has 0 spiro atoms. The van der Waals surface area contributed by atoms with E-state index in [-0.39, 0.29) is 10.5 Å². The second-order valence-electron chi connectivity index (χ2n) is 7.59. The van der Waals surface area contributed by atoms with Crippen LogP contribution in [0.4, 0.5) is 10.1 Å². The number of carbonyl (C=O) groups is 1. The minimum Gasteiger partial charge on any atom is -0.497 e. The number of carbonyl (C=O) groups excluding carboxylic acids is 1. The predicted molar refractivity (Wildman–Crippen MR) is 109 cm³/mol. The van der Waals surface area contributed by atoms with Gasteiger partial charge in [-0.05, 0) is 54.7 Å². The maximum atomic E-state index is 14.1. The van der Waals surface area contributed by atoms with E-state index >= 15 is 0 Å². The van der Waals surface area contributed by atoms with Crippen molar-refractivity contribution in [2.75, 3.05) is 25.5 Å². The number of ether oxygens (including phenoxy) is 1. The third kappa shape index (κ3) is 4.76. The van der Waals surface area contributed by atoms with Crippen molar-refractivity contribution in [2.45, 2.75) is 25.2 Å². The number of rotatable bonds is 5. The van der Waals surface area contributed by atoms with E-state index in [0.29, 0.717) is 36.4 Å². The van der Waals surface area contributed by atoms with Gasteiger partial charge in [-0.25, -0.2) is 12.8 Å². The summed E-state index contributed by atoms with van der Waals surface area (Å²) in [6, 6.07) is 9.88. The molecule has 6 nitrogen and oxygen atoms in total. The number of amides is 1. The predicted octanol–water partition coefficient (Wildman–Crippen LogP) is 3.75. The van der Waals surface area contributed by atoms with E-state index in [1.54, 1.807) is 0 Å². The summed E-state index contributed by atoms with van der Waals surface area (Å²) in [6.45, 7) is 5.11. The fourth-order valence-electron chi connectivity index (χ4n) is 3.67. The third-order valence-electron chi connectivity index (χ3n) is 5.01. The first-order valence-corrected chi connectivity index (χ1v) is 10.9. The molecule has 1 amide bonds. The Morgan fingerprint density at radius 2 is 1.72 bits per heavy atom. The van der Waals surface area contributed by atoms with Gasteiger partial charge in [0.05, 0.1) is 17.6 Å².